The number of nitrogens with zero attached hydrogens (tertiary/aromatic N) is 5. The summed E-state index contributed by atoms with van der Waals surface area (Å²) in [6, 6.07) is 14.8. The van der Waals surface area contributed by atoms with Gasteiger partial charge in [-0.2, -0.15) is 0 Å². The fraction of sp³-hybridized carbons (Fsp3) is 0.604. The average molecular weight is 2090 g/mol. The van der Waals surface area contributed by atoms with Crippen molar-refractivity contribution in [2.24, 2.45) is 11.8 Å². The second-order valence-electron chi connectivity index (χ2n) is 37.9. The number of aliphatic hydroxyl groups excluding tert-OH is 3. The predicted octanol–water partition coefficient (Wildman–Crippen LogP) is 9.75. The van der Waals surface area contributed by atoms with E-state index in [1.54, 1.807) is 106 Å². The van der Waals surface area contributed by atoms with Gasteiger partial charge >= 0.3 is 12.2 Å². The number of anilines is 4. The quantitative estimate of drug-likeness (QED) is 0.0161. The van der Waals surface area contributed by atoms with Crippen LogP contribution in [0.4, 0.5) is 32.3 Å². The SMILES string of the molecule is COCCOCCC(=O)NC(C(=O)NC(C)C(=O)Nc1ccc(COC(=O)N2c3cc(OCCCCCOc4cc5c(cc4OC)C(=O)N4C=C(C)CC4C(O)N5C(=O)OCc4ccc(NC(=O)C(C)NC(=O)C(NC(=O)CCOCCOCCOCCOCCOCCOCCOCCOCCNC(=O)CCn5c(O)cc(C6CCCCCCCC6)c5O)C(C)C)cc4)c(OC)cc3C(O)N3C=C(C)CC3C2O)cc1)C(C)C. The highest BCUT2D eigenvalue weighted by Crippen LogP contribution is 2.48. The number of nitrogens with one attached hydrogen (secondary N) is 7. The molecule has 9 unspecified atom stereocenters. The van der Waals surface area contributed by atoms with Gasteiger partial charge in [-0.15, -0.1) is 0 Å². The van der Waals surface area contributed by atoms with Crippen LogP contribution in [0.2, 0.25) is 0 Å². The fourth-order valence-corrected chi connectivity index (χ4v) is 17.5. The maximum absolute atomic E-state index is 14.5. The van der Waals surface area contributed by atoms with E-state index in [4.69, 9.17) is 75.8 Å². The zero-order chi connectivity index (χ0) is 107. The number of benzene rings is 4. The maximum Gasteiger partial charge on any atom is 0.416 e. The highest BCUT2D eigenvalue weighted by atomic mass is 16.6. The molecule has 149 heavy (non-hydrogen) atoms. The molecule has 1 aromatic heterocycles. The van der Waals surface area contributed by atoms with Gasteiger partial charge in [-0.05, 0) is 138 Å². The minimum Gasteiger partial charge on any atom is -0.494 e. The van der Waals surface area contributed by atoms with Crippen molar-refractivity contribution in [3.8, 4) is 34.8 Å². The Labute approximate surface area is 870 Å². The molecule has 0 bridgehead atoms. The summed E-state index contributed by atoms with van der Waals surface area (Å²) >= 11 is 0. The van der Waals surface area contributed by atoms with Gasteiger partial charge in [0.2, 0.25) is 41.4 Å². The van der Waals surface area contributed by atoms with Crippen LogP contribution in [0.1, 0.15) is 203 Å². The molecule has 12 N–H and O–H groups in total. The molecule has 824 valence electrons. The number of aliphatic hydroxyl groups is 3. The molecule has 9 atom stereocenters. The van der Waals surface area contributed by atoms with E-state index >= 15 is 0 Å². The summed E-state index contributed by atoms with van der Waals surface area (Å²) in [6.45, 7) is 20.1. The molecular weight excluding hydrogens is 1940 g/mol. The third kappa shape index (κ3) is 37.0. The molecule has 5 aliphatic rings. The molecule has 43 nitrogen and oxygen atoms in total. The van der Waals surface area contributed by atoms with Crippen LogP contribution >= 0.6 is 0 Å². The van der Waals surface area contributed by atoms with Crippen LogP contribution in [0, 0.1) is 11.8 Å². The molecule has 5 heterocycles. The summed E-state index contributed by atoms with van der Waals surface area (Å²) in [6.07, 6.45) is 8.13. The summed E-state index contributed by atoms with van der Waals surface area (Å²) in [7, 11) is 4.37. The van der Waals surface area contributed by atoms with Crippen molar-refractivity contribution in [1.29, 1.82) is 0 Å². The van der Waals surface area contributed by atoms with E-state index in [9.17, 15) is 73.5 Å². The summed E-state index contributed by atoms with van der Waals surface area (Å²) in [5.41, 5.74) is 4.48. The smallest absolute Gasteiger partial charge is 0.416 e. The Bertz CT molecular complexity index is 5150. The topological polar surface area (TPSA) is 522 Å². The van der Waals surface area contributed by atoms with Gasteiger partial charge < -0.3 is 148 Å². The van der Waals surface area contributed by atoms with Gasteiger partial charge in [-0.3, -0.25) is 42.9 Å². The van der Waals surface area contributed by atoms with Crippen molar-refractivity contribution in [3.05, 3.63) is 130 Å². The first kappa shape index (κ1) is 119. The number of hydrogen-bond acceptors (Lipinski definition) is 32. The number of rotatable bonds is 63. The highest BCUT2D eigenvalue weighted by Gasteiger charge is 2.48. The summed E-state index contributed by atoms with van der Waals surface area (Å²) < 4.78 is 92.2. The van der Waals surface area contributed by atoms with Crippen molar-refractivity contribution in [2.45, 2.75) is 239 Å². The van der Waals surface area contributed by atoms with Crippen molar-refractivity contribution in [2.75, 3.05) is 187 Å². The van der Waals surface area contributed by atoms with Crippen LogP contribution in [0.25, 0.3) is 0 Å². The Kier molecular flexibility index (Phi) is 50.0. The second-order valence-corrected chi connectivity index (χ2v) is 37.9. The molecule has 0 saturated heterocycles. The summed E-state index contributed by atoms with van der Waals surface area (Å²) in [4.78, 5) is 140. The first-order chi connectivity index (χ1) is 71.9. The Morgan fingerprint density at radius 2 is 0.852 bits per heavy atom. The zero-order valence-electron chi connectivity index (χ0n) is 87.7. The largest absolute Gasteiger partial charge is 0.494 e. The summed E-state index contributed by atoms with van der Waals surface area (Å²) in [5, 5.41) is 76.9. The van der Waals surface area contributed by atoms with E-state index < -0.39 is 103 Å². The lowest BCUT2D eigenvalue weighted by atomic mass is 9.91. The first-order valence-electron chi connectivity index (χ1n) is 51.5. The molecule has 43 heteroatoms. The van der Waals surface area contributed by atoms with Gasteiger partial charge in [0.15, 0.2) is 53.4 Å². The fourth-order valence-electron chi connectivity index (χ4n) is 17.5. The minimum atomic E-state index is -1.60. The number of hydrogen-bond donors (Lipinski definition) is 12. The molecule has 1 fully saturated rings. The number of carbonyl (C=O) groups excluding carboxylic acids is 10. The third-order valence-corrected chi connectivity index (χ3v) is 25.8. The van der Waals surface area contributed by atoms with Crippen LogP contribution < -0.4 is 66.0 Å². The van der Waals surface area contributed by atoms with Crippen molar-refractivity contribution in [3.63, 3.8) is 0 Å². The molecule has 0 spiro atoms. The van der Waals surface area contributed by atoms with Gasteiger partial charge in [-0.25, -0.2) is 19.4 Å². The highest BCUT2D eigenvalue weighted by molar-refractivity contribution is 6.07. The Hall–Kier alpha value is -12.0. The third-order valence-electron chi connectivity index (χ3n) is 25.8. The second kappa shape index (κ2) is 62.6. The van der Waals surface area contributed by atoms with Gasteiger partial charge in [0.1, 0.15) is 37.4 Å². The lowest BCUT2D eigenvalue weighted by molar-refractivity contribution is -0.132. The number of amides is 10. The van der Waals surface area contributed by atoms with E-state index in [-0.39, 0.29) is 172 Å². The first-order valence-corrected chi connectivity index (χ1v) is 51.5. The Morgan fingerprint density at radius 1 is 0.430 bits per heavy atom. The van der Waals surface area contributed by atoms with Crippen LogP contribution in [0.5, 0.6) is 34.8 Å². The molecule has 10 amide bonds. The number of ether oxygens (including phenoxy) is 16. The molecule has 4 aliphatic heterocycles. The molecule has 1 saturated carbocycles. The van der Waals surface area contributed by atoms with Crippen molar-refractivity contribution < 1.29 is 149 Å². The Balaban J connectivity index is 0.581. The van der Waals surface area contributed by atoms with Gasteiger partial charge in [-0.1, -0.05) is 102 Å². The van der Waals surface area contributed by atoms with E-state index in [1.807, 2.05) is 13.8 Å². The molecule has 10 rings (SSSR count). The minimum absolute atomic E-state index is 0.00373. The maximum atomic E-state index is 14.5. The molecule has 5 aromatic rings. The lowest BCUT2D eigenvalue weighted by Crippen LogP contribution is -2.53. The lowest BCUT2D eigenvalue weighted by Gasteiger charge is -2.33. The molecule has 4 aromatic carbocycles. The molecular formula is C106H154N12O31. The monoisotopic (exact) mass is 2090 g/mol. The van der Waals surface area contributed by atoms with Crippen molar-refractivity contribution >= 4 is 82.2 Å². The van der Waals surface area contributed by atoms with Crippen LogP contribution in [0.3, 0.4) is 0 Å². The number of aromatic hydroxyl groups is 2. The average Bonchev–Trinajstić information content (AvgIpc) is 1.61. The molecule has 1 aliphatic carbocycles. The van der Waals surface area contributed by atoms with E-state index in [0.717, 1.165) is 52.2 Å². The van der Waals surface area contributed by atoms with E-state index in [1.165, 1.54) is 88.5 Å². The number of aromatic nitrogens is 1. The van der Waals surface area contributed by atoms with Crippen LogP contribution in [0.15, 0.2) is 102 Å². The predicted molar refractivity (Wildman–Crippen MR) is 548 cm³/mol. The van der Waals surface area contributed by atoms with Gasteiger partial charge in [0, 0.05) is 92.6 Å². The van der Waals surface area contributed by atoms with Crippen molar-refractivity contribution in [1.82, 2.24) is 41.0 Å². The van der Waals surface area contributed by atoms with E-state index in [0.29, 0.717) is 154 Å². The van der Waals surface area contributed by atoms with Crippen LogP contribution in [-0.4, -0.2) is 315 Å². The van der Waals surface area contributed by atoms with Gasteiger partial charge in [0.25, 0.3) is 5.91 Å². The number of fused-ring (bicyclic) bond motifs is 4. The summed E-state index contributed by atoms with van der Waals surface area (Å²) in [5.74, 6) is -3.37. The van der Waals surface area contributed by atoms with Crippen LogP contribution in [-0.2, 0) is 110 Å². The van der Waals surface area contributed by atoms with Gasteiger partial charge in [0.05, 0.1) is 182 Å². The number of carbonyl (C=O) groups is 10. The number of methoxy groups -OCH3 is 3. The zero-order valence-corrected chi connectivity index (χ0v) is 87.7. The Morgan fingerprint density at radius 3 is 1.32 bits per heavy atom. The molecule has 0 radical (unpaired) electrons. The normalized spacial score (nSPS) is 17.5. The van der Waals surface area contributed by atoms with E-state index in [2.05, 4.69) is 37.2 Å². The number of unbranched alkanes of at least 4 members (excludes halogenated alkanes) is 2. The standard InChI is InChI=1S/C106H154N12O31/c1-68(2)94(112-91(120)32-38-137-42-41-134-9)98(125)108-72(7)96(123)110-77-27-23-74(24-28-77)66-148-105(132)117-82-62-88(86(135-10)59-80(82)101(128)115-64-70(5)57-84(115)103(117)130)146-36-19-16-20-37-147-89-63-83-81(60-87(89)136-11)102(129)116-65-71(6)58-85(116)104(131)118(83)106(133)149-67-75-25-29-78(30-26-75)111-97(124)73(8)109-99(126)95(69(3)4)113-92(121)33-39-138-43-45-140-47-49-142-51-53-144-55-56-145-54-52-143-50-48-141-46-44-139-40-34-107-90(119)31-35-114-93(122)61-79(100(114)127)76-21-17-14-12-13-15-18-22-76/h23-30,59-65,68-69,72-73,76,84-85,94-95,101,103-104,122,127-128,130-131H,12-22,31-58,66-67H2,1-11H3,(H,107,119)(H,108,125)(H,109,126)(H,110,123)(H,111,124)(H,112,120)(H,113,121).